The average molecular weight is 372 g/mol. The van der Waals surface area contributed by atoms with Crippen LogP contribution in [0, 0.1) is 5.92 Å². The molecule has 0 bridgehead atoms. The van der Waals surface area contributed by atoms with E-state index in [-0.39, 0.29) is 12.4 Å². The van der Waals surface area contributed by atoms with Crippen molar-refractivity contribution in [3.63, 3.8) is 0 Å². The van der Waals surface area contributed by atoms with E-state index in [0.29, 0.717) is 17.4 Å². The Balaban J connectivity index is 0.000000817. The Morgan fingerprint density at radius 3 is 2.48 bits per heavy atom. The number of likely N-dealkylation sites (tertiary alicyclic amines) is 1. The standard InChI is InChI=1S/C19H22N2O3.CH2O2/c1-23-17-6-3-14(4-7-17)11-15-9-10-21(13-15)19(22)16-5-8-18(24-2)20-12-16;2-1-3/h3-8,12,15H,9-11,13H2,1-2H3;1H,(H,2,3). The topological polar surface area (TPSA) is 89.0 Å². The van der Waals surface area contributed by atoms with Gasteiger partial charge in [0.15, 0.2) is 0 Å². The molecule has 2 heterocycles. The zero-order valence-electron chi connectivity index (χ0n) is 15.5. The third kappa shape index (κ3) is 5.70. The van der Waals surface area contributed by atoms with Crippen LogP contribution < -0.4 is 9.47 Å². The normalized spacial score (nSPS) is 15.5. The molecule has 27 heavy (non-hydrogen) atoms. The molecule has 1 aromatic heterocycles. The molecule has 2 aromatic rings. The molecular weight excluding hydrogens is 348 g/mol. The monoisotopic (exact) mass is 372 g/mol. The van der Waals surface area contributed by atoms with Gasteiger partial charge >= 0.3 is 0 Å². The SMILES string of the molecule is COc1ccc(CC2CCN(C(=O)c3ccc(OC)nc3)C2)cc1.O=CO. The Bertz CT molecular complexity index is 731. The minimum Gasteiger partial charge on any atom is -0.497 e. The molecule has 0 spiro atoms. The Kier molecular flexibility index (Phi) is 7.61. The van der Waals surface area contributed by atoms with Crippen molar-refractivity contribution in [3.8, 4) is 11.6 Å². The summed E-state index contributed by atoms with van der Waals surface area (Å²) in [6.45, 7) is 1.34. The fourth-order valence-electron chi connectivity index (χ4n) is 3.09. The number of carbonyl (C=O) groups is 2. The predicted molar refractivity (Wildman–Crippen MR) is 100 cm³/mol. The molecule has 1 saturated heterocycles. The van der Waals surface area contributed by atoms with E-state index in [1.165, 1.54) is 5.56 Å². The summed E-state index contributed by atoms with van der Waals surface area (Å²) in [5, 5.41) is 6.89. The van der Waals surface area contributed by atoms with Gasteiger partial charge < -0.3 is 19.5 Å². The Morgan fingerprint density at radius 1 is 1.22 bits per heavy atom. The number of pyridine rings is 1. The lowest BCUT2D eigenvalue weighted by molar-refractivity contribution is -0.122. The van der Waals surface area contributed by atoms with Gasteiger partial charge in [0.2, 0.25) is 5.88 Å². The molecule has 1 atom stereocenters. The summed E-state index contributed by atoms with van der Waals surface area (Å²) in [6.07, 6.45) is 3.59. The van der Waals surface area contributed by atoms with E-state index in [9.17, 15) is 4.79 Å². The fraction of sp³-hybridized carbons (Fsp3) is 0.350. The van der Waals surface area contributed by atoms with E-state index in [1.54, 1.807) is 32.5 Å². The summed E-state index contributed by atoms with van der Waals surface area (Å²) < 4.78 is 10.2. The van der Waals surface area contributed by atoms with Crippen LogP contribution in [-0.2, 0) is 11.2 Å². The highest BCUT2D eigenvalue weighted by atomic mass is 16.5. The number of carboxylic acid groups (broad SMARTS) is 1. The van der Waals surface area contributed by atoms with Crippen molar-refractivity contribution < 1.29 is 24.2 Å². The van der Waals surface area contributed by atoms with Crippen LogP contribution in [0.5, 0.6) is 11.6 Å². The first-order chi connectivity index (χ1) is 13.1. The summed E-state index contributed by atoms with van der Waals surface area (Å²) in [4.78, 5) is 26.9. The highest BCUT2D eigenvalue weighted by molar-refractivity contribution is 5.94. The van der Waals surface area contributed by atoms with Crippen LogP contribution in [0.4, 0.5) is 0 Å². The molecule has 1 fully saturated rings. The van der Waals surface area contributed by atoms with E-state index >= 15 is 0 Å². The number of hydrogen-bond acceptors (Lipinski definition) is 5. The summed E-state index contributed by atoms with van der Waals surface area (Å²) in [7, 11) is 3.23. The van der Waals surface area contributed by atoms with Gasteiger partial charge in [0.1, 0.15) is 5.75 Å². The number of ether oxygens (including phenoxy) is 2. The number of amides is 1. The number of nitrogens with zero attached hydrogens (tertiary/aromatic N) is 2. The highest BCUT2D eigenvalue weighted by Crippen LogP contribution is 2.23. The minimum absolute atomic E-state index is 0.0439. The van der Waals surface area contributed by atoms with Gasteiger partial charge in [-0.15, -0.1) is 0 Å². The third-order valence-electron chi connectivity index (χ3n) is 4.45. The second-order valence-electron chi connectivity index (χ2n) is 6.15. The summed E-state index contributed by atoms with van der Waals surface area (Å²) in [6, 6.07) is 11.6. The van der Waals surface area contributed by atoms with Crippen LogP contribution in [0.3, 0.4) is 0 Å². The van der Waals surface area contributed by atoms with Crippen LogP contribution in [0.25, 0.3) is 0 Å². The number of methoxy groups -OCH3 is 2. The largest absolute Gasteiger partial charge is 0.497 e. The first-order valence-corrected chi connectivity index (χ1v) is 8.61. The molecule has 144 valence electrons. The van der Waals surface area contributed by atoms with Gasteiger partial charge in [0.25, 0.3) is 12.4 Å². The zero-order chi connectivity index (χ0) is 19.6. The lowest BCUT2D eigenvalue weighted by Crippen LogP contribution is -2.29. The van der Waals surface area contributed by atoms with Gasteiger partial charge in [-0.25, -0.2) is 4.98 Å². The van der Waals surface area contributed by atoms with Crippen LogP contribution in [0.2, 0.25) is 0 Å². The molecule has 1 aromatic carbocycles. The molecule has 3 rings (SSSR count). The molecule has 1 aliphatic heterocycles. The minimum atomic E-state index is -0.250. The highest BCUT2D eigenvalue weighted by Gasteiger charge is 2.27. The third-order valence-corrected chi connectivity index (χ3v) is 4.45. The van der Waals surface area contributed by atoms with E-state index < -0.39 is 0 Å². The maximum absolute atomic E-state index is 12.6. The van der Waals surface area contributed by atoms with Crippen LogP contribution in [0.1, 0.15) is 22.3 Å². The first kappa shape index (κ1) is 20.2. The van der Waals surface area contributed by atoms with Gasteiger partial charge in [-0.05, 0) is 42.5 Å². The van der Waals surface area contributed by atoms with Crippen molar-refractivity contribution in [1.29, 1.82) is 0 Å². The molecule has 1 unspecified atom stereocenters. The average Bonchev–Trinajstić information content (AvgIpc) is 3.17. The molecule has 7 heteroatoms. The molecule has 7 nitrogen and oxygen atoms in total. The van der Waals surface area contributed by atoms with Crippen LogP contribution >= 0.6 is 0 Å². The van der Waals surface area contributed by atoms with E-state index in [4.69, 9.17) is 19.4 Å². The Morgan fingerprint density at radius 2 is 1.93 bits per heavy atom. The van der Waals surface area contributed by atoms with E-state index in [0.717, 1.165) is 31.7 Å². The van der Waals surface area contributed by atoms with Crippen molar-refractivity contribution in [1.82, 2.24) is 9.88 Å². The van der Waals surface area contributed by atoms with Crippen molar-refractivity contribution in [2.24, 2.45) is 5.92 Å². The number of benzene rings is 1. The van der Waals surface area contributed by atoms with Crippen LogP contribution in [-0.4, -0.2) is 54.7 Å². The number of hydrogen-bond donors (Lipinski definition) is 1. The van der Waals surface area contributed by atoms with Gasteiger partial charge in [-0.2, -0.15) is 0 Å². The number of rotatable bonds is 5. The smallest absolute Gasteiger partial charge is 0.290 e. The maximum Gasteiger partial charge on any atom is 0.290 e. The molecule has 0 saturated carbocycles. The van der Waals surface area contributed by atoms with Gasteiger partial charge in [-0.1, -0.05) is 12.1 Å². The molecule has 1 aliphatic rings. The van der Waals surface area contributed by atoms with Crippen LogP contribution in [0.15, 0.2) is 42.6 Å². The van der Waals surface area contributed by atoms with E-state index in [1.807, 2.05) is 17.0 Å². The summed E-state index contributed by atoms with van der Waals surface area (Å²) in [5.74, 6) is 1.93. The fourth-order valence-corrected chi connectivity index (χ4v) is 3.09. The van der Waals surface area contributed by atoms with E-state index in [2.05, 4.69) is 17.1 Å². The quantitative estimate of drug-likeness (QED) is 0.811. The van der Waals surface area contributed by atoms with Gasteiger partial charge in [0.05, 0.1) is 19.8 Å². The Labute approximate surface area is 158 Å². The number of carbonyl (C=O) groups excluding carboxylic acids is 1. The molecule has 0 radical (unpaired) electrons. The van der Waals surface area contributed by atoms with Crippen molar-refractivity contribution in [2.45, 2.75) is 12.8 Å². The number of aromatic nitrogens is 1. The van der Waals surface area contributed by atoms with Crippen molar-refractivity contribution >= 4 is 12.4 Å². The molecular formula is C20H24N2O5. The second kappa shape index (κ2) is 10.2. The second-order valence-corrected chi connectivity index (χ2v) is 6.15. The van der Waals surface area contributed by atoms with Crippen molar-refractivity contribution in [3.05, 3.63) is 53.7 Å². The molecule has 0 aliphatic carbocycles. The van der Waals surface area contributed by atoms with Gasteiger partial charge in [-0.3, -0.25) is 9.59 Å². The lowest BCUT2D eigenvalue weighted by atomic mass is 9.99. The summed E-state index contributed by atoms with van der Waals surface area (Å²) >= 11 is 0. The van der Waals surface area contributed by atoms with Gasteiger partial charge in [0, 0.05) is 25.4 Å². The maximum atomic E-state index is 12.6. The summed E-state index contributed by atoms with van der Waals surface area (Å²) in [5.41, 5.74) is 1.89. The Hall–Kier alpha value is -3.09. The lowest BCUT2D eigenvalue weighted by Gasteiger charge is -2.16. The molecule has 1 N–H and O–H groups in total. The first-order valence-electron chi connectivity index (χ1n) is 8.61. The van der Waals surface area contributed by atoms with Crippen molar-refractivity contribution in [2.75, 3.05) is 27.3 Å². The zero-order valence-corrected chi connectivity index (χ0v) is 15.5. The predicted octanol–water partition coefficient (Wildman–Crippen LogP) is 2.50. The molecule has 1 amide bonds.